The Hall–Kier alpha value is -0.650. The van der Waals surface area contributed by atoms with Crippen molar-refractivity contribution >= 4 is 28.6 Å². The van der Waals surface area contributed by atoms with E-state index in [0.29, 0.717) is 9.13 Å². The van der Waals surface area contributed by atoms with Gasteiger partial charge >= 0.3 is 5.97 Å². The highest BCUT2D eigenvalue weighted by molar-refractivity contribution is 14.1. The van der Waals surface area contributed by atoms with Gasteiger partial charge in [0.25, 0.3) is 0 Å². The summed E-state index contributed by atoms with van der Waals surface area (Å²) in [4.78, 5) is 10.6. The summed E-state index contributed by atoms with van der Waals surface area (Å²) in [5.41, 5.74) is 0.502. The van der Waals surface area contributed by atoms with Gasteiger partial charge in [-0.3, -0.25) is 0 Å². The van der Waals surface area contributed by atoms with E-state index in [1.165, 1.54) is 19.1 Å². The predicted molar refractivity (Wildman–Crippen MR) is 50.8 cm³/mol. The normalized spacial score (nSPS) is 9.92. The van der Waals surface area contributed by atoms with E-state index in [1.807, 2.05) is 0 Å². The van der Waals surface area contributed by atoms with E-state index in [1.54, 1.807) is 22.6 Å². The Morgan fingerprint density at radius 2 is 2.17 bits per heavy atom. The van der Waals surface area contributed by atoms with Crippen molar-refractivity contribution in [2.75, 3.05) is 0 Å². The molecule has 0 aromatic heterocycles. The summed E-state index contributed by atoms with van der Waals surface area (Å²) in [5, 5.41) is 8.65. The van der Waals surface area contributed by atoms with Crippen LogP contribution in [0.15, 0.2) is 12.1 Å². The van der Waals surface area contributed by atoms with Gasteiger partial charge in [0, 0.05) is 3.57 Å². The standard InChI is InChI=1S/C8H6FIO2/c1-4-2-5(8(11)12)7(10)3-6(4)9/h2-3H,1H3,(H,11,12). The van der Waals surface area contributed by atoms with Gasteiger partial charge in [0.05, 0.1) is 5.56 Å². The number of hydrogen-bond donors (Lipinski definition) is 1. The van der Waals surface area contributed by atoms with Crippen LogP contribution < -0.4 is 0 Å². The van der Waals surface area contributed by atoms with E-state index in [-0.39, 0.29) is 11.4 Å². The number of rotatable bonds is 1. The zero-order chi connectivity index (χ0) is 9.30. The molecule has 1 aromatic rings. The van der Waals surface area contributed by atoms with Gasteiger partial charge in [0.15, 0.2) is 0 Å². The van der Waals surface area contributed by atoms with Crippen LogP contribution in [-0.2, 0) is 0 Å². The molecule has 1 N–H and O–H groups in total. The van der Waals surface area contributed by atoms with E-state index in [2.05, 4.69) is 0 Å². The molecule has 0 aliphatic rings. The highest BCUT2D eigenvalue weighted by Crippen LogP contribution is 2.17. The molecule has 0 aliphatic heterocycles. The number of carboxylic acids is 1. The van der Waals surface area contributed by atoms with Crippen LogP contribution in [0.5, 0.6) is 0 Å². The predicted octanol–water partition coefficient (Wildman–Crippen LogP) is 2.44. The molecule has 0 saturated heterocycles. The van der Waals surface area contributed by atoms with E-state index < -0.39 is 5.97 Å². The van der Waals surface area contributed by atoms with Crippen LogP contribution in [0, 0.1) is 16.3 Å². The van der Waals surface area contributed by atoms with Gasteiger partial charge in [0.1, 0.15) is 5.82 Å². The van der Waals surface area contributed by atoms with Crippen molar-refractivity contribution < 1.29 is 14.3 Å². The van der Waals surface area contributed by atoms with Crippen molar-refractivity contribution in [3.8, 4) is 0 Å². The second kappa shape index (κ2) is 3.38. The van der Waals surface area contributed by atoms with Crippen LogP contribution in [0.4, 0.5) is 4.39 Å². The highest BCUT2D eigenvalue weighted by atomic mass is 127. The lowest BCUT2D eigenvalue weighted by atomic mass is 10.1. The minimum Gasteiger partial charge on any atom is -0.478 e. The minimum absolute atomic E-state index is 0.148. The van der Waals surface area contributed by atoms with Crippen molar-refractivity contribution in [1.82, 2.24) is 0 Å². The van der Waals surface area contributed by atoms with Gasteiger partial charge < -0.3 is 5.11 Å². The Labute approximate surface area is 82.5 Å². The molecule has 0 spiro atoms. The van der Waals surface area contributed by atoms with Gasteiger partial charge in [-0.15, -0.1) is 0 Å². The highest BCUT2D eigenvalue weighted by Gasteiger charge is 2.10. The summed E-state index contributed by atoms with van der Waals surface area (Å²) in [6.45, 7) is 1.54. The molecule has 1 rings (SSSR count). The maximum atomic E-state index is 12.8. The first-order chi connectivity index (χ1) is 5.52. The molecule has 1 aromatic carbocycles. The van der Waals surface area contributed by atoms with Crippen LogP contribution >= 0.6 is 22.6 Å². The molecule has 0 radical (unpaired) electrons. The second-order valence-electron chi connectivity index (χ2n) is 2.39. The number of benzene rings is 1. The average Bonchev–Trinajstić information content (AvgIpc) is 1.96. The molecule has 0 bridgehead atoms. The quantitative estimate of drug-likeness (QED) is 0.802. The third-order valence-electron chi connectivity index (χ3n) is 1.48. The Balaban J connectivity index is 3.33. The molecule has 0 aliphatic carbocycles. The lowest BCUT2D eigenvalue weighted by Crippen LogP contribution is -2.01. The molecular formula is C8H6FIO2. The molecule has 64 valence electrons. The first kappa shape index (κ1) is 9.44. The lowest BCUT2D eigenvalue weighted by molar-refractivity contribution is 0.0695. The summed E-state index contributed by atoms with van der Waals surface area (Å²) < 4.78 is 13.2. The summed E-state index contributed by atoms with van der Waals surface area (Å²) >= 11 is 1.80. The van der Waals surface area contributed by atoms with Crippen LogP contribution in [0.2, 0.25) is 0 Å². The Kier molecular flexibility index (Phi) is 2.66. The third-order valence-corrected chi connectivity index (χ3v) is 2.37. The van der Waals surface area contributed by atoms with E-state index in [9.17, 15) is 9.18 Å². The van der Waals surface area contributed by atoms with Crippen LogP contribution in [0.3, 0.4) is 0 Å². The largest absolute Gasteiger partial charge is 0.478 e. The summed E-state index contributed by atoms with van der Waals surface area (Å²) in [7, 11) is 0. The number of carbonyl (C=O) groups is 1. The van der Waals surface area contributed by atoms with Crippen LogP contribution in [-0.4, -0.2) is 11.1 Å². The fourth-order valence-corrected chi connectivity index (χ4v) is 1.48. The molecule has 0 saturated carbocycles. The Morgan fingerprint density at radius 3 is 2.67 bits per heavy atom. The molecule has 0 atom stereocenters. The van der Waals surface area contributed by atoms with Gasteiger partial charge in [-0.2, -0.15) is 0 Å². The topological polar surface area (TPSA) is 37.3 Å². The summed E-state index contributed by atoms with van der Waals surface area (Å²) in [6.07, 6.45) is 0. The summed E-state index contributed by atoms with van der Waals surface area (Å²) in [6, 6.07) is 2.55. The SMILES string of the molecule is Cc1cc(C(=O)O)c(I)cc1F. The monoisotopic (exact) mass is 280 g/mol. The van der Waals surface area contributed by atoms with Crippen molar-refractivity contribution in [2.24, 2.45) is 0 Å². The fourth-order valence-electron chi connectivity index (χ4n) is 0.821. The number of aryl methyl sites for hydroxylation is 1. The van der Waals surface area contributed by atoms with E-state index >= 15 is 0 Å². The maximum Gasteiger partial charge on any atom is 0.336 e. The number of carboxylic acid groups (broad SMARTS) is 1. The van der Waals surface area contributed by atoms with Gasteiger partial charge in [0.2, 0.25) is 0 Å². The lowest BCUT2D eigenvalue weighted by Gasteiger charge is -2.01. The van der Waals surface area contributed by atoms with Crippen molar-refractivity contribution in [2.45, 2.75) is 6.92 Å². The summed E-state index contributed by atoms with van der Waals surface area (Å²) in [5.74, 6) is -1.40. The van der Waals surface area contributed by atoms with Crippen LogP contribution in [0.25, 0.3) is 0 Å². The van der Waals surface area contributed by atoms with Gasteiger partial charge in [-0.1, -0.05) is 0 Å². The second-order valence-corrected chi connectivity index (χ2v) is 3.55. The molecule has 0 unspecified atom stereocenters. The minimum atomic E-state index is -1.03. The van der Waals surface area contributed by atoms with E-state index in [4.69, 9.17) is 5.11 Å². The zero-order valence-electron chi connectivity index (χ0n) is 6.27. The first-order valence-corrected chi connectivity index (χ1v) is 4.29. The smallest absolute Gasteiger partial charge is 0.336 e. The Morgan fingerprint density at radius 1 is 1.58 bits per heavy atom. The molecule has 2 nitrogen and oxygen atoms in total. The maximum absolute atomic E-state index is 12.8. The van der Waals surface area contributed by atoms with Crippen molar-refractivity contribution in [3.63, 3.8) is 0 Å². The molecule has 4 heteroatoms. The van der Waals surface area contributed by atoms with E-state index in [0.717, 1.165) is 0 Å². The molecule has 0 amide bonds. The molecular weight excluding hydrogens is 274 g/mol. The number of hydrogen-bond acceptors (Lipinski definition) is 1. The van der Waals surface area contributed by atoms with Crippen LogP contribution in [0.1, 0.15) is 15.9 Å². The number of aromatic carboxylic acids is 1. The van der Waals surface area contributed by atoms with Crippen molar-refractivity contribution in [1.29, 1.82) is 0 Å². The van der Waals surface area contributed by atoms with Gasteiger partial charge in [-0.25, -0.2) is 9.18 Å². The third kappa shape index (κ3) is 1.74. The molecule has 0 heterocycles. The molecule has 0 fully saturated rings. The first-order valence-electron chi connectivity index (χ1n) is 3.21. The van der Waals surface area contributed by atoms with Gasteiger partial charge in [-0.05, 0) is 47.2 Å². The fraction of sp³-hybridized carbons (Fsp3) is 0.125. The zero-order valence-corrected chi connectivity index (χ0v) is 8.42. The number of halogens is 2. The average molecular weight is 280 g/mol. The van der Waals surface area contributed by atoms with Crippen molar-refractivity contribution in [3.05, 3.63) is 32.6 Å². The Bertz CT molecular complexity index is 336. The molecule has 12 heavy (non-hydrogen) atoms.